The number of nitrogens with one attached hydrogen (secondary N) is 1. The van der Waals surface area contributed by atoms with Crippen LogP contribution in [-0.2, 0) is 4.74 Å². The lowest BCUT2D eigenvalue weighted by molar-refractivity contribution is 0.103. The molecule has 4 heteroatoms. The summed E-state index contributed by atoms with van der Waals surface area (Å²) in [5.74, 6) is 0. The lowest BCUT2D eigenvalue weighted by Gasteiger charge is -2.17. The SMILES string of the molecule is CC(NCCC1CCCO1)c1ccc(Br)cc1Cl. The number of ether oxygens (including phenoxy) is 1. The van der Waals surface area contributed by atoms with Gasteiger partial charge in [0.15, 0.2) is 0 Å². The summed E-state index contributed by atoms with van der Waals surface area (Å²) < 4.78 is 6.62. The molecule has 0 aliphatic carbocycles. The molecule has 18 heavy (non-hydrogen) atoms. The largest absolute Gasteiger partial charge is 0.378 e. The van der Waals surface area contributed by atoms with E-state index in [1.165, 1.54) is 12.8 Å². The minimum absolute atomic E-state index is 0.270. The van der Waals surface area contributed by atoms with Gasteiger partial charge >= 0.3 is 0 Å². The Kier molecular flexibility index (Phi) is 5.49. The van der Waals surface area contributed by atoms with Gasteiger partial charge in [-0.25, -0.2) is 0 Å². The Labute approximate surface area is 122 Å². The summed E-state index contributed by atoms with van der Waals surface area (Å²) >= 11 is 9.66. The third-order valence-electron chi connectivity index (χ3n) is 3.37. The van der Waals surface area contributed by atoms with Crippen LogP contribution in [0.4, 0.5) is 0 Å². The molecule has 2 atom stereocenters. The summed E-state index contributed by atoms with van der Waals surface area (Å²) in [6.45, 7) is 4.04. The molecule has 0 spiro atoms. The molecule has 1 heterocycles. The van der Waals surface area contributed by atoms with Crippen LogP contribution in [0.2, 0.25) is 5.02 Å². The molecule has 1 aliphatic heterocycles. The Bertz CT molecular complexity index is 393. The highest BCUT2D eigenvalue weighted by Crippen LogP contribution is 2.26. The van der Waals surface area contributed by atoms with Crippen LogP contribution in [-0.4, -0.2) is 19.3 Å². The summed E-state index contributed by atoms with van der Waals surface area (Å²) in [5, 5.41) is 4.31. The molecule has 2 unspecified atom stereocenters. The maximum absolute atomic E-state index is 6.24. The molecule has 2 rings (SSSR count). The van der Waals surface area contributed by atoms with Gasteiger partial charge in [0, 0.05) is 22.1 Å². The first-order valence-corrected chi connectivity index (χ1v) is 7.64. The van der Waals surface area contributed by atoms with E-state index in [2.05, 4.69) is 34.2 Å². The zero-order chi connectivity index (χ0) is 13.0. The Balaban J connectivity index is 1.81. The molecular weight excluding hydrogens is 314 g/mol. The van der Waals surface area contributed by atoms with Gasteiger partial charge in [-0.1, -0.05) is 33.6 Å². The molecule has 0 aromatic heterocycles. The van der Waals surface area contributed by atoms with E-state index in [4.69, 9.17) is 16.3 Å². The first kappa shape index (κ1) is 14.3. The van der Waals surface area contributed by atoms with Crippen LogP contribution in [0.25, 0.3) is 0 Å². The maximum atomic E-state index is 6.24. The van der Waals surface area contributed by atoms with E-state index >= 15 is 0 Å². The van der Waals surface area contributed by atoms with E-state index in [0.717, 1.165) is 34.6 Å². The molecule has 0 amide bonds. The smallest absolute Gasteiger partial charge is 0.0588 e. The van der Waals surface area contributed by atoms with Gasteiger partial charge in [-0.05, 0) is 50.4 Å². The predicted molar refractivity (Wildman–Crippen MR) is 79.2 cm³/mol. The normalized spacial score (nSPS) is 21.2. The van der Waals surface area contributed by atoms with Crippen LogP contribution in [0.1, 0.15) is 37.8 Å². The van der Waals surface area contributed by atoms with Gasteiger partial charge in [0.25, 0.3) is 0 Å². The molecule has 1 N–H and O–H groups in total. The van der Waals surface area contributed by atoms with Crippen molar-refractivity contribution in [2.24, 2.45) is 0 Å². The van der Waals surface area contributed by atoms with Crippen LogP contribution in [0.5, 0.6) is 0 Å². The van der Waals surface area contributed by atoms with Crippen LogP contribution < -0.4 is 5.32 Å². The standard InChI is InChI=1S/C14H19BrClNO/c1-10(13-5-4-11(15)9-14(13)16)17-7-6-12-3-2-8-18-12/h4-5,9-10,12,17H,2-3,6-8H2,1H3. The summed E-state index contributed by atoms with van der Waals surface area (Å²) in [4.78, 5) is 0. The number of benzene rings is 1. The van der Waals surface area contributed by atoms with Crippen molar-refractivity contribution >= 4 is 27.5 Å². The Morgan fingerprint density at radius 2 is 2.39 bits per heavy atom. The predicted octanol–water partition coefficient (Wildman–Crippen LogP) is 4.32. The highest BCUT2D eigenvalue weighted by molar-refractivity contribution is 9.10. The second-order valence-corrected chi connectivity index (χ2v) is 6.09. The van der Waals surface area contributed by atoms with Crippen molar-refractivity contribution in [1.82, 2.24) is 5.32 Å². The van der Waals surface area contributed by atoms with Gasteiger partial charge in [-0.3, -0.25) is 0 Å². The molecule has 0 saturated carbocycles. The summed E-state index contributed by atoms with van der Waals surface area (Å²) in [5.41, 5.74) is 1.15. The lowest BCUT2D eigenvalue weighted by Crippen LogP contribution is -2.23. The topological polar surface area (TPSA) is 21.3 Å². The molecule has 1 aromatic rings. The van der Waals surface area contributed by atoms with E-state index in [9.17, 15) is 0 Å². The second kappa shape index (κ2) is 6.90. The van der Waals surface area contributed by atoms with Gasteiger partial charge in [0.05, 0.1) is 6.10 Å². The molecule has 100 valence electrons. The van der Waals surface area contributed by atoms with Crippen molar-refractivity contribution in [2.75, 3.05) is 13.2 Å². The summed E-state index contributed by atoms with van der Waals surface area (Å²) in [7, 11) is 0. The quantitative estimate of drug-likeness (QED) is 0.867. The van der Waals surface area contributed by atoms with Gasteiger partial charge in [0.2, 0.25) is 0 Å². The Morgan fingerprint density at radius 3 is 3.06 bits per heavy atom. The van der Waals surface area contributed by atoms with Crippen LogP contribution >= 0.6 is 27.5 Å². The van der Waals surface area contributed by atoms with Crippen molar-refractivity contribution in [3.63, 3.8) is 0 Å². The van der Waals surface area contributed by atoms with Crippen LogP contribution in [0.3, 0.4) is 0 Å². The zero-order valence-corrected chi connectivity index (χ0v) is 12.9. The van der Waals surface area contributed by atoms with E-state index in [1.54, 1.807) is 0 Å². The lowest BCUT2D eigenvalue weighted by atomic mass is 10.1. The number of halogens is 2. The van der Waals surface area contributed by atoms with Gasteiger partial charge < -0.3 is 10.1 Å². The van der Waals surface area contributed by atoms with Crippen molar-refractivity contribution in [2.45, 2.75) is 38.3 Å². The van der Waals surface area contributed by atoms with Gasteiger partial charge in [-0.15, -0.1) is 0 Å². The molecule has 1 aliphatic rings. The third kappa shape index (κ3) is 3.95. The highest BCUT2D eigenvalue weighted by Gasteiger charge is 2.15. The van der Waals surface area contributed by atoms with Crippen LogP contribution in [0, 0.1) is 0 Å². The summed E-state index contributed by atoms with van der Waals surface area (Å²) in [6.07, 6.45) is 3.94. The zero-order valence-electron chi connectivity index (χ0n) is 10.6. The average molecular weight is 333 g/mol. The fraction of sp³-hybridized carbons (Fsp3) is 0.571. The first-order valence-electron chi connectivity index (χ1n) is 6.47. The molecule has 1 fully saturated rings. The Hall–Kier alpha value is -0.0900. The summed E-state index contributed by atoms with van der Waals surface area (Å²) in [6, 6.07) is 6.30. The number of hydrogen-bond donors (Lipinski definition) is 1. The van der Waals surface area contributed by atoms with Gasteiger partial charge in [0.1, 0.15) is 0 Å². The van der Waals surface area contributed by atoms with Crippen molar-refractivity contribution < 1.29 is 4.74 Å². The molecule has 2 nitrogen and oxygen atoms in total. The fourth-order valence-corrected chi connectivity index (χ4v) is 3.13. The molecule has 0 radical (unpaired) electrons. The molecule has 1 saturated heterocycles. The minimum atomic E-state index is 0.270. The van der Waals surface area contributed by atoms with Crippen molar-refractivity contribution in [3.05, 3.63) is 33.3 Å². The van der Waals surface area contributed by atoms with E-state index in [1.807, 2.05) is 12.1 Å². The average Bonchev–Trinajstić information content (AvgIpc) is 2.81. The molecule has 1 aromatic carbocycles. The second-order valence-electron chi connectivity index (χ2n) is 4.77. The fourth-order valence-electron chi connectivity index (χ4n) is 2.30. The van der Waals surface area contributed by atoms with E-state index in [-0.39, 0.29) is 6.04 Å². The molecule has 0 bridgehead atoms. The van der Waals surface area contributed by atoms with Crippen molar-refractivity contribution in [3.8, 4) is 0 Å². The highest BCUT2D eigenvalue weighted by atomic mass is 79.9. The third-order valence-corrected chi connectivity index (χ3v) is 4.19. The maximum Gasteiger partial charge on any atom is 0.0588 e. The van der Waals surface area contributed by atoms with E-state index < -0.39 is 0 Å². The number of hydrogen-bond acceptors (Lipinski definition) is 2. The first-order chi connectivity index (χ1) is 8.66. The monoisotopic (exact) mass is 331 g/mol. The van der Waals surface area contributed by atoms with Crippen molar-refractivity contribution in [1.29, 1.82) is 0 Å². The molecular formula is C14H19BrClNO. The minimum Gasteiger partial charge on any atom is -0.378 e. The number of rotatable bonds is 5. The van der Waals surface area contributed by atoms with E-state index in [0.29, 0.717) is 6.10 Å². The van der Waals surface area contributed by atoms with Gasteiger partial charge in [-0.2, -0.15) is 0 Å². The Morgan fingerprint density at radius 1 is 1.56 bits per heavy atom. The van der Waals surface area contributed by atoms with Crippen LogP contribution in [0.15, 0.2) is 22.7 Å².